The summed E-state index contributed by atoms with van der Waals surface area (Å²) < 4.78 is 30.0. The third kappa shape index (κ3) is 4.75. The van der Waals surface area contributed by atoms with Gasteiger partial charge < -0.3 is 9.50 Å². The maximum atomic E-state index is 12.4. The normalized spacial score (nSPS) is 10.7. The van der Waals surface area contributed by atoms with Crippen molar-refractivity contribution < 1.29 is 17.4 Å². The average molecular weight is 392 g/mol. The van der Waals surface area contributed by atoms with Crippen molar-refractivity contribution in [3.05, 3.63) is 95.6 Å². The van der Waals surface area contributed by atoms with Crippen LogP contribution in [0.2, 0.25) is 0 Å². The Kier molecular flexibility index (Phi) is 5.72. The van der Waals surface area contributed by atoms with Crippen LogP contribution in [0.4, 0.5) is 0 Å². The van der Waals surface area contributed by atoms with Crippen molar-refractivity contribution >= 4 is 16.0 Å². The molecule has 0 aromatic heterocycles. The van der Waals surface area contributed by atoms with E-state index in [0.717, 1.165) is 5.56 Å². The van der Waals surface area contributed by atoms with Crippen LogP contribution < -0.4 is 9.50 Å². The van der Waals surface area contributed by atoms with Crippen LogP contribution >= 0.6 is 0 Å². The van der Waals surface area contributed by atoms with E-state index in [1.165, 1.54) is 42.5 Å². The second kappa shape index (κ2) is 8.37. The molecule has 140 valence electrons. The minimum atomic E-state index is -4.13. The number of carbonyl (C=O) groups excluding carboxylic acids is 1. The molecule has 3 aromatic rings. The summed E-state index contributed by atoms with van der Waals surface area (Å²) in [5.41, 5.74) is 1.43. The monoisotopic (exact) mass is 392 g/mol. The number of nitrogens with one attached hydrogen (secondary N) is 1. The molecule has 0 saturated heterocycles. The number of nitrogens with zero attached hydrogens (tertiary/aromatic N) is 1. The molecule has 7 heteroatoms. The summed E-state index contributed by atoms with van der Waals surface area (Å²) >= 11 is 0. The summed E-state index contributed by atoms with van der Waals surface area (Å²) in [6.45, 7) is 0.351. The lowest BCUT2D eigenvalue weighted by Gasteiger charge is -2.09. The Labute approximate surface area is 163 Å². The number of benzene rings is 3. The first-order chi connectivity index (χ1) is 13.5. The molecule has 0 spiro atoms. The second-order valence-corrected chi connectivity index (χ2v) is 7.42. The number of rotatable bonds is 6. The molecule has 0 saturated carbocycles. The summed E-state index contributed by atoms with van der Waals surface area (Å²) in [5, 5.41) is 11.7. The van der Waals surface area contributed by atoms with Crippen LogP contribution in [0, 0.1) is 11.3 Å². The molecule has 0 bridgehead atoms. The average Bonchev–Trinajstić information content (AvgIpc) is 2.72. The Bertz CT molecular complexity index is 1140. The number of hydrogen-bond donors (Lipinski definition) is 1. The van der Waals surface area contributed by atoms with E-state index < -0.39 is 10.1 Å². The molecule has 1 amide bonds. The predicted molar refractivity (Wildman–Crippen MR) is 103 cm³/mol. The molecular formula is C21H16N2O4S. The maximum absolute atomic E-state index is 12.4. The van der Waals surface area contributed by atoms with E-state index in [9.17, 15) is 13.2 Å². The van der Waals surface area contributed by atoms with E-state index in [1.54, 1.807) is 6.07 Å². The van der Waals surface area contributed by atoms with Gasteiger partial charge in [0.1, 0.15) is 10.6 Å². The van der Waals surface area contributed by atoms with Gasteiger partial charge in [0.25, 0.3) is 5.91 Å². The van der Waals surface area contributed by atoms with Gasteiger partial charge >= 0.3 is 10.1 Å². The van der Waals surface area contributed by atoms with Crippen molar-refractivity contribution in [2.75, 3.05) is 0 Å². The van der Waals surface area contributed by atoms with Gasteiger partial charge in [-0.1, -0.05) is 42.5 Å². The van der Waals surface area contributed by atoms with Crippen LogP contribution in [0.25, 0.3) is 0 Å². The zero-order valence-corrected chi connectivity index (χ0v) is 15.5. The number of carbonyl (C=O) groups is 1. The molecule has 28 heavy (non-hydrogen) atoms. The van der Waals surface area contributed by atoms with Crippen LogP contribution in [0.1, 0.15) is 21.5 Å². The van der Waals surface area contributed by atoms with E-state index in [2.05, 4.69) is 5.32 Å². The van der Waals surface area contributed by atoms with Crippen LogP contribution in [-0.4, -0.2) is 14.3 Å². The van der Waals surface area contributed by atoms with Gasteiger partial charge in [-0.15, -0.1) is 0 Å². The highest BCUT2D eigenvalue weighted by Crippen LogP contribution is 2.20. The second-order valence-electron chi connectivity index (χ2n) is 5.87. The maximum Gasteiger partial charge on any atom is 0.339 e. The quantitative estimate of drug-likeness (QED) is 0.650. The van der Waals surface area contributed by atoms with Crippen LogP contribution in [0.3, 0.4) is 0 Å². The highest BCUT2D eigenvalue weighted by atomic mass is 32.2. The van der Waals surface area contributed by atoms with Gasteiger partial charge in [0.05, 0.1) is 11.6 Å². The van der Waals surface area contributed by atoms with Crippen molar-refractivity contribution in [2.45, 2.75) is 11.4 Å². The largest absolute Gasteiger partial charge is 0.379 e. The van der Waals surface area contributed by atoms with Crippen molar-refractivity contribution in [3.63, 3.8) is 0 Å². The van der Waals surface area contributed by atoms with Gasteiger partial charge in [0, 0.05) is 12.1 Å². The van der Waals surface area contributed by atoms with E-state index in [-0.39, 0.29) is 27.7 Å². The first-order valence-corrected chi connectivity index (χ1v) is 9.75. The predicted octanol–water partition coefficient (Wildman–Crippen LogP) is 3.26. The lowest BCUT2D eigenvalue weighted by atomic mass is 10.2. The summed E-state index contributed by atoms with van der Waals surface area (Å²) in [6, 6.07) is 22.7. The van der Waals surface area contributed by atoms with Gasteiger partial charge in [0.2, 0.25) is 0 Å². The molecule has 6 nitrogen and oxygen atoms in total. The fraction of sp³-hybridized carbons (Fsp3) is 0.0476. The first-order valence-electron chi connectivity index (χ1n) is 8.35. The molecule has 0 aliphatic heterocycles. The van der Waals surface area contributed by atoms with Crippen LogP contribution in [0.15, 0.2) is 83.8 Å². The molecule has 0 aliphatic carbocycles. The highest BCUT2D eigenvalue weighted by Gasteiger charge is 2.18. The summed E-state index contributed by atoms with van der Waals surface area (Å²) in [7, 11) is -4.13. The van der Waals surface area contributed by atoms with Crippen molar-refractivity contribution in [1.29, 1.82) is 5.26 Å². The number of amides is 1. The van der Waals surface area contributed by atoms with E-state index in [4.69, 9.17) is 9.44 Å². The molecular weight excluding hydrogens is 376 g/mol. The minimum Gasteiger partial charge on any atom is -0.379 e. The molecule has 1 N–H and O–H groups in total. The Morgan fingerprint density at radius 1 is 0.964 bits per heavy atom. The lowest BCUT2D eigenvalue weighted by molar-refractivity contribution is 0.0950. The SMILES string of the molecule is N#Cc1cccc(S(=O)(=O)Oc2cccc(C(=O)NCc3ccccc3)c2)c1. The summed E-state index contributed by atoms with van der Waals surface area (Å²) in [4.78, 5) is 12.2. The summed E-state index contributed by atoms with van der Waals surface area (Å²) in [5.74, 6) is -0.340. The molecule has 0 unspecified atom stereocenters. The zero-order chi connectivity index (χ0) is 20.0. The Hall–Kier alpha value is -3.63. The van der Waals surface area contributed by atoms with Crippen molar-refractivity contribution in [3.8, 4) is 11.8 Å². The Morgan fingerprint density at radius 3 is 2.46 bits per heavy atom. The highest BCUT2D eigenvalue weighted by molar-refractivity contribution is 7.87. The smallest absolute Gasteiger partial charge is 0.339 e. The topological polar surface area (TPSA) is 96.3 Å². The molecule has 3 rings (SSSR count). The van der Waals surface area contributed by atoms with Gasteiger partial charge in [0.15, 0.2) is 0 Å². The molecule has 0 fully saturated rings. The number of nitriles is 1. The molecule has 3 aromatic carbocycles. The molecule has 0 atom stereocenters. The third-order valence-corrected chi connectivity index (χ3v) is 5.09. The zero-order valence-electron chi connectivity index (χ0n) is 14.7. The van der Waals surface area contributed by atoms with Gasteiger partial charge in [-0.25, -0.2) is 0 Å². The van der Waals surface area contributed by atoms with Crippen molar-refractivity contribution in [2.24, 2.45) is 0 Å². The van der Waals surface area contributed by atoms with E-state index in [0.29, 0.717) is 6.54 Å². The van der Waals surface area contributed by atoms with E-state index in [1.807, 2.05) is 36.4 Å². The third-order valence-electron chi connectivity index (χ3n) is 3.85. The lowest BCUT2D eigenvalue weighted by Crippen LogP contribution is -2.22. The standard InChI is InChI=1S/C21H16N2O4S/c22-14-17-8-4-11-20(12-17)28(25,26)27-19-10-5-9-18(13-19)21(24)23-15-16-6-2-1-3-7-16/h1-13H,15H2,(H,23,24). The van der Waals surface area contributed by atoms with Crippen LogP contribution in [0.5, 0.6) is 5.75 Å². The van der Waals surface area contributed by atoms with Crippen molar-refractivity contribution in [1.82, 2.24) is 5.32 Å². The Balaban J connectivity index is 1.73. The first kappa shape index (κ1) is 19.1. The van der Waals surface area contributed by atoms with Gasteiger partial charge in [-0.3, -0.25) is 4.79 Å². The fourth-order valence-corrected chi connectivity index (χ4v) is 3.44. The fourth-order valence-electron chi connectivity index (χ4n) is 2.47. The van der Waals surface area contributed by atoms with Gasteiger partial charge in [-0.2, -0.15) is 13.7 Å². The van der Waals surface area contributed by atoms with Gasteiger partial charge in [-0.05, 0) is 42.0 Å². The molecule has 0 radical (unpaired) electrons. The number of hydrogen-bond acceptors (Lipinski definition) is 5. The van der Waals surface area contributed by atoms with E-state index >= 15 is 0 Å². The minimum absolute atomic E-state index is 0.00900. The molecule has 0 heterocycles. The molecule has 0 aliphatic rings. The summed E-state index contributed by atoms with van der Waals surface area (Å²) in [6.07, 6.45) is 0. The Morgan fingerprint density at radius 2 is 1.71 bits per heavy atom. The van der Waals surface area contributed by atoms with Crippen LogP contribution in [-0.2, 0) is 16.7 Å².